The van der Waals surface area contributed by atoms with Crippen molar-refractivity contribution < 1.29 is 0 Å². The molecule has 1 heterocycles. The van der Waals surface area contributed by atoms with Crippen LogP contribution >= 0.6 is 0 Å². The summed E-state index contributed by atoms with van der Waals surface area (Å²) in [6.45, 7) is 4.32. The Bertz CT molecular complexity index is 326. The summed E-state index contributed by atoms with van der Waals surface area (Å²) in [5, 5.41) is 3.18. The van der Waals surface area contributed by atoms with E-state index >= 15 is 0 Å². The highest BCUT2D eigenvalue weighted by Gasteiger charge is 2.26. The molecule has 1 aliphatic rings. The number of anilines is 1. The van der Waals surface area contributed by atoms with E-state index in [9.17, 15) is 0 Å². The molecule has 84 valence electrons. The van der Waals surface area contributed by atoms with Crippen LogP contribution < -0.4 is 5.32 Å². The fraction of sp³-hybridized carbons (Fsp3) is 0.750. The number of rotatable bonds is 5. The number of aryl methyl sites for hydroxylation is 1. The number of imidazole rings is 1. The van der Waals surface area contributed by atoms with Crippen LogP contribution in [-0.2, 0) is 0 Å². The smallest absolute Gasteiger partial charge is 0.203 e. The van der Waals surface area contributed by atoms with Crippen LogP contribution in [0.2, 0.25) is 0 Å². The van der Waals surface area contributed by atoms with Gasteiger partial charge in [0.1, 0.15) is 0 Å². The normalized spacial score (nSPS) is 17.8. The van der Waals surface area contributed by atoms with Gasteiger partial charge in [-0.05, 0) is 25.7 Å². The van der Waals surface area contributed by atoms with Gasteiger partial charge in [-0.25, -0.2) is 4.98 Å². The number of hydrogen-bond donors (Lipinski definition) is 1. The molecular weight excluding hydrogens is 186 g/mol. The second-order valence-electron chi connectivity index (χ2n) is 4.60. The zero-order valence-electron chi connectivity index (χ0n) is 9.95. The third kappa shape index (κ3) is 2.33. The first-order chi connectivity index (χ1) is 7.24. The van der Waals surface area contributed by atoms with Gasteiger partial charge in [-0.15, -0.1) is 0 Å². The average Bonchev–Trinajstić information content (AvgIpc) is 2.97. The van der Waals surface area contributed by atoms with E-state index in [-0.39, 0.29) is 0 Å². The van der Waals surface area contributed by atoms with E-state index in [1.165, 1.54) is 25.7 Å². The molecule has 0 radical (unpaired) electrons. The van der Waals surface area contributed by atoms with Crippen molar-refractivity contribution in [2.24, 2.45) is 5.92 Å². The van der Waals surface area contributed by atoms with Gasteiger partial charge in [0.2, 0.25) is 5.95 Å². The first-order valence-corrected chi connectivity index (χ1v) is 5.97. The van der Waals surface area contributed by atoms with E-state index in [1.54, 1.807) is 0 Å². The molecule has 2 rings (SSSR count). The highest BCUT2D eigenvalue weighted by Crippen LogP contribution is 2.38. The monoisotopic (exact) mass is 207 g/mol. The Kier molecular flexibility index (Phi) is 2.98. The Morgan fingerprint density at radius 3 is 2.87 bits per heavy atom. The molecule has 0 saturated heterocycles. The van der Waals surface area contributed by atoms with Crippen molar-refractivity contribution in [1.29, 1.82) is 0 Å². The summed E-state index contributed by atoms with van der Waals surface area (Å²) in [6, 6.07) is 0.626. The van der Waals surface area contributed by atoms with E-state index in [2.05, 4.69) is 34.9 Å². The van der Waals surface area contributed by atoms with E-state index in [4.69, 9.17) is 0 Å². The first kappa shape index (κ1) is 10.5. The lowest BCUT2D eigenvalue weighted by molar-refractivity contribution is 0.432. The van der Waals surface area contributed by atoms with E-state index in [1.807, 2.05) is 7.05 Å². The summed E-state index contributed by atoms with van der Waals surface area (Å²) in [4.78, 5) is 4.48. The van der Waals surface area contributed by atoms with Crippen molar-refractivity contribution in [1.82, 2.24) is 9.55 Å². The maximum Gasteiger partial charge on any atom is 0.203 e. The molecule has 1 atom stereocenters. The lowest BCUT2D eigenvalue weighted by atomic mass is 10.1. The number of aromatic nitrogens is 2. The molecule has 0 spiro atoms. The van der Waals surface area contributed by atoms with Crippen LogP contribution in [-0.4, -0.2) is 16.6 Å². The third-order valence-corrected chi connectivity index (χ3v) is 3.24. The van der Waals surface area contributed by atoms with Gasteiger partial charge in [0, 0.05) is 19.3 Å². The summed E-state index contributed by atoms with van der Waals surface area (Å²) in [6.07, 6.45) is 7.54. The second kappa shape index (κ2) is 4.25. The Labute approximate surface area is 91.9 Å². The summed E-state index contributed by atoms with van der Waals surface area (Å²) in [7, 11) is 1.95. The van der Waals surface area contributed by atoms with Crippen molar-refractivity contribution in [3.05, 3.63) is 11.9 Å². The maximum absolute atomic E-state index is 4.48. The lowest BCUT2D eigenvalue weighted by Gasteiger charge is -2.18. The molecular formula is C12H21N3. The number of nitrogens with one attached hydrogen (secondary N) is 1. The topological polar surface area (TPSA) is 29.9 Å². The Balaban J connectivity index is 2.15. The van der Waals surface area contributed by atoms with Crippen LogP contribution in [0.3, 0.4) is 0 Å². The van der Waals surface area contributed by atoms with E-state index < -0.39 is 0 Å². The summed E-state index contributed by atoms with van der Waals surface area (Å²) < 4.78 is 2.31. The molecule has 1 aromatic heterocycles. The fourth-order valence-electron chi connectivity index (χ4n) is 2.19. The molecule has 1 N–H and O–H groups in total. The van der Waals surface area contributed by atoms with Crippen molar-refractivity contribution in [2.45, 2.75) is 45.6 Å². The van der Waals surface area contributed by atoms with Gasteiger partial charge in [-0.1, -0.05) is 19.8 Å². The van der Waals surface area contributed by atoms with Crippen molar-refractivity contribution in [2.75, 3.05) is 12.4 Å². The van der Waals surface area contributed by atoms with Crippen LogP contribution in [0.1, 0.15) is 44.3 Å². The standard InChI is InChI=1S/C12H21N3/c1-4-11(7-10-5-6-10)15-8-9(2)14-12(15)13-3/h8,10-11H,4-7H2,1-3H3,(H,13,14). The predicted molar refractivity (Wildman–Crippen MR) is 63.2 cm³/mol. The molecule has 0 amide bonds. The molecule has 1 fully saturated rings. The highest BCUT2D eigenvalue weighted by molar-refractivity contribution is 5.28. The van der Waals surface area contributed by atoms with Crippen LogP contribution in [0.25, 0.3) is 0 Å². The zero-order valence-corrected chi connectivity index (χ0v) is 9.95. The Hall–Kier alpha value is -0.990. The summed E-state index contributed by atoms with van der Waals surface area (Å²) >= 11 is 0. The van der Waals surface area contributed by atoms with Crippen LogP contribution in [0.4, 0.5) is 5.95 Å². The highest BCUT2D eigenvalue weighted by atomic mass is 15.2. The zero-order chi connectivity index (χ0) is 10.8. The molecule has 1 aliphatic carbocycles. The summed E-state index contributed by atoms with van der Waals surface area (Å²) in [5.74, 6) is 1.99. The minimum atomic E-state index is 0.626. The molecule has 0 aliphatic heterocycles. The van der Waals surface area contributed by atoms with Gasteiger partial charge in [0.05, 0.1) is 5.69 Å². The minimum absolute atomic E-state index is 0.626. The van der Waals surface area contributed by atoms with Crippen molar-refractivity contribution >= 4 is 5.95 Å². The SMILES string of the molecule is CCC(CC1CC1)n1cc(C)nc1NC. The Morgan fingerprint density at radius 1 is 1.60 bits per heavy atom. The molecule has 3 nitrogen and oxygen atoms in total. The largest absolute Gasteiger partial charge is 0.359 e. The first-order valence-electron chi connectivity index (χ1n) is 5.97. The van der Waals surface area contributed by atoms with Gasteiger partial charge in [0.15, 0.2) is 0 Å². The molecule has 0 aromatic carbocycles. The van der Waals surface area contributed by atoms with Crippen LogP contribution in [0.5, 0.6) is 0 Å². The quantitative estimate of drug-likeness (QED) is 0.804. The molecule has 15 heavy (non-hydrogen) atoms. The molecule has 1 saturated carbocycles. The minimum Gasteiger partial charge on any atom is -0.359 e. The van der Waals surface area contributed by atoms with Gasteiger partial charge < -0.3 is 9.88 Å². The molecule has 0 bridgehead atoms. The van der Waals surface area contributed by atoms with Crippen molar-refractivity contribution in [3.8, 4) is 0 Å². The molecule has 1 aromatic rings. The molecule has 3 heteroatoms. The fourth-order valence-corrected chi connectivity index (χ4v) is 2.19. The number of nitrogens with zero attached hydrogens (tertiary/aromatic N) is 2. The number of hydrogen-bond acceptors (Lipinski definition) is 2. The summed E-state index contributed by atoms with van der Waals surface area (Å²) in [5.41, 5.74) is 1.11. The lowest BCUT2D eigenvalue weighted by Crippen LogP contribution is -2.11. The maximum atomic E-state index is 4.48. The van der Waals surface area contributed by atoms with Gasteiger partial charge in [0.25, 0.3) is 0 Å². The Morgan fingerprint density at radius 2 is 2.33 bits per heavy atom. The van der Waals surface area contributed by atoms with Crippen LogP contribution in [0, 0.1) is 12.8 Å². The second-order valence-corrected chi connectivity index (χ2v) is 4.60. The van der Waals surface area contributed by atoms with E-state index in [0.717, 1.165) is 17.6 Å². The van der Waals surface area contributed by atoms with E-state index in [0.29, 0.717) is 6.04 Å². The predicted octanol–water partition coefficient (Wildman–Crippen LogP) is 2.98. The van der Waals surface area contributed by atoms with Gasteiger partial charge >= 0.3 is 0 Å². The van der Waals surface area contributed by atoms with Crippen molar-refractivity contribution in [3.63, 3.8) is 0 Å². The van der Waals surface area contributed by atoms with Crippen LogP contribution in [0.15, 0.2) is 6.20 Å². The van der Waals surface area contributed by atoms with Gasteiger partial charge in [-0.2, -0.15) is 0 Å². The molecule has 1 unspecified atom stereocenters. The average molecular weight is 207 g/mol. The van der Waals surface area contributed by atoms with Gasteiger partial charge in [-0.3, -0.25) is 0 Å². The third-order valence-electron chi connectivity index (χ3n) is 3.24.